The van der Waals surface area contributed by atoms with Crippen LogP contribution in [0.2, 0.25) is 0 Å². The summed E-state index contributed by atoms with van der Waals surface area (Å²) in [6, 6.07) is 8.83. The third-order valence-corrected chi connectivity index (χ3v) is 10.3. The van der Waals surface area contributed by atoms with Crippen LogP contribution in [0.25, 0.3) is 0 Å². The molecule has 0 fully saturated rings. The van der Waals surface area contributed by atoms with Gasteiger partial charge in [0, 0.05) is 37.7 Å². The fourth-order valence-corrected chi connectivity index (χ4v) is 6.90. The Kier molecular flexibility index (Phi) is 10.9. The second-order valence-corrected chi connectivity index (χ2v) is 16.3. The summed E-state index contributed by atoms with van der Waals surface area (Å²) in [5, 5.41) is 3.06. The minimum Gasteiger partial charge on any atom is -0.483 e. The van der Waals surface area contributed by atoms with Crippen LogP contribution in [0.1, 0.15) is 11.1 Å². The summed E-state index contributed by atoms with van der Waals surface area (Å²) in [4.78, 5) is -0.476. The van der Waals surface area contributed by atoms with Crippen LogP contribution in [0.3, 0.4) is 0 Å². The van der Waals surface area contributed by atoms with E-state index in [0.29, 0.717) is 18.7 Å². The fraction of sp³-hybridized carbons (Fsp3) is 0.333. The van der Waals surface area contributed by atoms with E-state index in [-0.39, 0.29) is 57.0 Å². The zero-order valence-corrected chi connectivity index (χ0v) is 28.2. The van der Waals surface area contributed by atoms with Gasteiger partial charge in [0.15, 0.2) is 60.9 Å². The van der Waals surface area contributed by atoms with Crippen LogP contribution in [-0.2, 0) is 34.0 Å². The molecule has 0 amide bonds. The molecule has 2 aliphatic rings. The summed E-state index contributed by atoms with van der Waals surface area (Å²) in [5.74, 6) is -2.14. The van der Waals surface area contributed by atoms with Crippen molar-refractivity contribution in [2.45, 2.75) is 40.9 Å². The number of ether oxygens (including phenoxy) is 4. The lowest BCUT2D eigenvalue weighted by molar-refractivity contribution is -0.0457. The molecule has 1 N–H and O–H groups in total. The third kappa shape index (κ3) is 8.98. The highest BCUT2D eigenvalue weighted by atomic mass is 32.2. The monoisotopic (exact) mass is 717 g/mol. The first-order chi connectivity index (χ1) is 21.9. The number of hydrogen-bond acceptors (Lipinski definition) is 12. The summed E-state index contributed by atoms with van der Waals surface area (Å²) >= 11 is 0. The summed E-state index contributed by atoms with van der Waals surface area (Å²) in [6.45, 7) is 7.96. The van der Waals surface area contributed by atoms with Crippen molar-refractivity contribution in [1.29, 1.82) is 0 Å². The molecule has 3 aromatic rings. The normalized spacial score (nSPS) is 17.3. The van der Waals surface area contributed by atoms with Gasteiger partial charge >= 0.3 is 10.1 Å². The van der Waals surface area contributed by atoms with Gasteiger partial charge in [-0.1, -0.05) is 23.8 Å². The van der Waals surface area contributed by atoms with E-state index in [1.165, 1.54) is 12.1 Å². The Morgan fingerprint density at radius 2 is 1.40 bits per heavy atom. The minimum absolute atomic E-state index is 0.0291. The van der Waals surface area contributed by atoms with Crippen molar-refractivity contribution in [3.8, 4) is 23.0 Å². The zero-order chi connectivity index (χ0) is 34.7. The van der Waals surface area contributed by atoms with Crippen LogP contribution < -0.4 is 24.3 Å². The SMILES string of the molecule is C=CCNCC1COc2c(F)cc(S(C)(=O)=O)cc2O1.Cc1ccc(S(=O)(=O)OC2COc3c(F)cc(S(C)(=O)=O)cc3O2)c(C)c1. The molecule has 2 unspecified atom stereocenters. The minimum atomic E-state index is -4.18. The molecule has 256 valence electrons. The van der Waals surface area contributed by atoms with Gasteiger partial charge in [0.25, 0.3) is 6.29 Å². The molecule has 0 saturated carbocycles. The van der Waals surface area contributed by atoms with Gasteiger partial charge in [-0.25, -0.2) is 29.8 Å². The topological polar surface area (TPSA) is 161 Å². The van der Waals surface area contributed by atoms with Crippen molar-refractivity contribution in [2.24, 2.45) is 0 Å². The third-order valence-electron chi connectivity index (χ3n) is 6.65. The predicted molar refractivity (Wildman–Crippen MR) is 166 cm³/mol. The standard InChI is InChI=1S/C17H17FO7S2.C13H16FNO4S/c1-10-4-5-15(11(2)6-10)27(21,22)25-16-9-23-17-13(18)7-12(26(3,19)20)8-14(17)24-16;1-3-4-15-7-9-8-18-13-11(14)5-10(20(2,16)17)6-12(13)19-9/h4-8,16H,9H2,1-3H3;3,5-6,9,15H,1,4,7-8H2,2H3. The van der Waals surface area contributed by atoms with Crippen molar-refractivity contribution in [3.05, 3.63) is 77.9 Å². The Morgan fingerprint density at radius 3 is 1.94 bits per heavy atom. The average molecular weight is 718 g/mol. The molecule has 5 rings (SSSR count). The molecule has 12 nitrogen and oxygen atoms in total. The van der Waals surface area contributed by atoms with E-state index in [1.807, 2.05) is 6.92 Å². The summed E-state index contributed by atoms with van der Waals surface area (Å²) in [6.07, 6.45) is 1.94. The van der Waals surface area contributed by atoms with E-state index in [1.54, 1.807) is 25.1 Å². The quantitative estimate of drug-likeness (QED) is 0.195. The maximum absolute atomic E-state index is 14.1. The van der Waals surface area contributed by atoms with Crippen molar-refractivity contribution in [3.63, 3.8) is 0 Å². The second kappa shape index (κ2) is 14.1. The van der Waals surface area contributed by atoms with Crippen molar-refractivity contribution >= 4 is 29.8 Å². The number of benzene rings is 3. The number of nitrogens with one attached hydrogen (secondary N) is 1. The molecule has 0 saturated heterocycles. The second-order valence-electron chi connectivity index (χ2n) is 10.7. The van der Waals surface area contributed by atoms with Gasteiger partial charge in [-0.05, 0) is 37.6 Å². The smallest absolute Gasteiger partial charge is 0.300 e. The Balaban J connectivity index is 0.000000223. The molecule has 0 aliphatic carbocycles. The summed E-state index contributed by atoms with van der Waals surface area (Å²) in [5.41, 5.74) is 1.39. The van der Waals surface area contributed by atoms with Crippen LogP contribution in [0.5, 0.6) is 23.0 Å². The number of sulfone groups is 2. The predicted octanol–water partition coefficient (Wildman–Crippen LogP) is 3.49. The molecule has 0 aromatic heterocycles. The van der Waals surface area contributed by atoms with Crippen LogP contribution in [-0.4, -0.2) is 76.5 Å². The Hall–Kier alpha value is -3.77. The first-order valence-corrected chi connectivity index (χ1v) is 19.1. The van der Waals surface area contributed by atoms with Gasteiger partial charge in [0.2, 0.25) is 0 Å². The lowest BCUT2D eigenvalue weighted by Gasteiger charge is -2.27. The first-order valence-electron chi connectivity index (χ1n) is 13.9. The van der Waals surface area contributed by atoms with E-state index >= 15 is 0 Å². The molecule has 17 heteroatoms. The van der Waals surface area contributed by atoms with Crippen LogP contribution >= 0.6 is 0 Å². The first kappa shape index (κ1) is 36.1. The molecule has 0 spiro atoms. The van der Waals surface area contributed by atoms with Crippen LogP contribution in [0.15, 0.2) is 69.8 Å². The largest absolute Gasteiger partial charge is 0.483 e. The van der Waals surface area contributed by atoms with Crippen molar-refractivity contribution < 1.29 is 57.2 Å². The van der Waals surface area contributed by atoms with Gasteiger partial charge in [-0.15, -0.1) is 6.58 Å². The maximum atomic E-state index is 14.1. The van der Waals surface area contributed by atoms with Gasteiger partial charge in [-0.3, -0.25) is 0 Å². The van der Waals surface area contributed by atoms with Crippen molar-refractivity contribution in [2.75, 3.05) is 38.8 Å². The Bertz CT molecular complexity index is 2000. The van der Waals surface area contributed by atoms with Gasteiger partial charge in [-0.2, -0.15) is 8.42 Å². The number of fused-ring (bicyclic) bond motifs is 2. The molecule has 3 aromatic carbocycles. The zero-order valence-electron chi connectivity index (χ0n) is 25.8. The summed E-state index contributed by atoms with van der Waals surface area (Å²) < 4.78 is 126. The lowest BCUT2D eigenvalue weighted by Crippen LogP contribution is -2.38. The molecule has 2 heterocycles. The van der Waals surface area contributed by atoms with Crippen molar-refractivity contribution in [1.82, 2.24) is 5.32 Å². The molecule has 2 aliphatic heterocycles. The fourth-order valence-electron chi connectivity index (χ4n) is 4.46. The van der Waals surface area contributed by atoms with Crippen LogP contribution in [0, 0.1) is 25.5 Å². The number of hydrogen-bond donors (Lipinski definition) is 1. The molecular weight excluding hydrogens is 685 g/mol. The van der Waals surface area contributed by atoms with Crippen LogP contribution in [0.4, 0.5) is 8.78 Å². The highest BCUT2D eigenvalue weighted by Gasteiger charge is 2.32. The number of rotatable bonds is 9. The molecular formula is C30H33F2NO11S3. The lowest BCUT2D eigenvalue weighted by atomic mass is 10.2. The van der Waals surface area contributed by atoms with E-state index in [4.69, 9.17) is 23.1 Å². The maximum Gasteiger partial charge on any atom is 0.300 e. The Morgan fingerprint density at radius 1 is 0.851 bits per heavy atom. The molecule has 0 radical (unpaired) electrons. The van der Waals surface area contributed by atoms with Gasteiger partial charge in [0.05, 0.1) is 14.7 Å². The van der Waals surface area contributed by atoms with E-state index in [2.05, 4.69) is 11.9 Å². The van der Waals surface area contributed by atoms with E-state index in [0.717, 1.165) is 36.3 Å². The number of halogens is 2. The summed E-state index contributed by atoms with van der Waals surface area (Å²) in [7, 11) is -11.4. The van der Waals surface area contributed by atoms with Gasteiger partial charge in [0.1, 0.15) is 12.7 Å². The molecule has 0 bridgehead atoms. The Labute approximate surface area is 272 Å². The molecule has 47 heavy (non-hydrogen) atoms. The average Bonchev–Trinajstić information content (AvgIpc) is 2.96. The van der Waals surface area contributed by atoms with Gasteiger partial charge < -0.3 is 24.3 Å². The highest BCUT2D eigenvalue weighted by Crippen LogP contribution is 2.38. The number of aryl methyl sites for hydroxylation is 2. The van der Waals surface area contributed by atoms with E-state index < -0.39 is 47.7 Å². The highest BCUT2D eigenvalue weighted by molar-refractivity contribution is 7.91. The van der Waals surface area contributed by atoms with E-state index in [9.17, 15) is 34.0 Å². The molecule has 2 atom stereocenters.